The molecule has 0 aliphatic rings. The Morgan fingerprint density at radius 3 is 2.68 bits per heavy atom. The predicted molar refractivity (Wildman–Crippen MR) is 110 cm³/mol. The highest BCUT2D eigenvalue weighted by atomic mass is 19.1. The van der Waals surface area contributed by atoms with E-state index in [4.69, 9.17) is 14.7 Å². The van der Waals surface area contributed by atoms with E-state index in [1.54, 1.807) is 42.5 Å². The van der Waals surface area contributed by atoms with Crippen molar-refractivity contribution >= 4 is 18.1 Å². The first-order chi connectivity index (χ1) is 15.0. The van der Waals surface area contributed by atoms with Crippen molar-refractivity contribution in [1.82, 2.24) is 5.43 Å². The molecule has 3 aromatic carbocycles. The number of esters is 1. The van der Waals surface area contributed by atoms with Gasteiger partial charge in [-0.3, -0.25) is 4.79 Å². The zero-order valence-corrected chi connectivity index (χ0v) is 16.1. The summed E-state index contributed by atoms with van der Waals surface area (Å²) in [6.45, 7) is -0.318. The zero-order chi connectivity index (χ0) is 22.1. The van der Waals surface area contributed by atoms with E-state index >= 15 is 0 Å². The number of hydrogen-bond acceptors (Lipinski definition) is 6. The topological polar surface area (TPSA) is 101 Å². The number of amides is 1. The summed E-state index contributed by atoms with van der Waals surface area (Å²) in [6.07, 6.45) is 1.36. The van der Waals surface area contributed by atoms with Gasteiger partial charge in [0, 0.05) is 0 Å². The van der Waals surface area contributed by atoms with Crippen LogP contribution in [-0.4, -0.2) is 24.7 Å². The van der Waals surface area contributed by atoms with Crippen LogP contribution in [0.3, 0.4) is 0 Å². The van der Waals surface area contributed by atoms with Crippen LogP contribution in [0, 0.1) is 17.1 Å². The number of carbonyl (C=O) groups is 2. The molecule has 0 aliphatic heterocycles. The number of halogens is 1. The maximum atomic E-state index is 13.2. The Morgan fingerprint density at radius 1 is 1.06 bits per heavy atom. The second kappa shape index (κ2) is 10.3. The number of benzene rings is 3. The smallest absolute Gasteiger partial charge is 0.343 e. The van der Waals surface area contributed by atoms with Crippen molar-refractivity contribution in [3.63, 3.8) is 0 Å². The molecule has 0 saturated heterocycles. The molecule has 154 valence electrons. The molecule has 1 N–H and O–H groups in total. The molecule has 0 saturated carbocycles. The molecule has 3 rings (SSSR count). The minimum atomic E-state index is -0.698. The van der Waals surface area contributed by atoms with E-state index in [1.165, 1.54) is 30.5 Å². The quantitative estimate of drug-likeness (QED) is 0.275. The van der Waals surface area contributed by atoms with Gasteiger partial charge in [0.1, 0.15) is 23.4 Å². The first kappa shape index (κ1) is 21.2. The molecule has 31 heavy (non-hydrogen) atoms. The molecule has 3 aromatic rings. The van der Waals surface area contributed by atoms with Crippen molar-refractivity contribution in [3.8, 4) is 17.6 Å². The zero-order valence-electron chi connectivity index (χ0n) is 16.1. The third-order valence-electron chi connectivity index (χ3n) is 3.90. The van der Waals surface area contributed by atoms with E-state index in [0.717, 1.165) is 6.07 Å². The van der Waals surface area contributed by atoms with Gasteiger partial charge in [-0.05, 0) is 48.0 Å². The van der Waals surface area contributed by atoms with E-state index in [2.05, 4.69) is 10.5 Å². The molecule has 1 amide bonds. The second-order valence-corrected chi connectivity index (χ2v) is 6.16. The fraction of sp³-hybridized carbons (Fsp3) is 0.0435. The number of carbonyl (C=O) groups excluding carboxylic acids is 2. The average molecular weight is 417 g/mol. The van der Waals surface area contributed by atoms with Crippen LogP contribution in [0.5, 0.6) is 11.5 Å². The maximum Gasteiger partial charge on any atom is 0.343 e. The third kappa shape index (κ3) is 6.24. The van der Waals surface area contributed by atoms with E-state index in [-0.39, 0.29) is 17.9 Å². The molecule has 0 spiro atoms. The molecule has 0 aliphatic carbocycles. The van der Waals surface area contributed by atoms with Crippen LogP contribution >= 0.6 is 0 Å². The highest BCUT2D eigenvalue weighted by Crippen LogP contribution is 2.16. The average Bonchev–Trinajstić information content (AvgIpc) is 2.78. The van der Waals surface area contributed by atoms with Crippen molar-refractivity contribution < 1.29 is 23.5 Å². The van der Waals surface area contributed by atoms with Crippen LogP contribution in [0.15, 0.2) is 77.9 Å². The first-order valence-electron chi connectivity index (χ1n) is 9.07. The Hall–Kier alpha value is -4.51. The lowest BCUT2D eigenvalue weighted by Crippen LogP contribution is -2.24. The molecule has 0 aromatic heterocycles. The summed E-state index contributed by atoms with van der Waals surface area (Å²) in [5.41, 5.74) is 3.27. The van der Waals surface area contributed by atoms with Gasteiger partial charge in [0.25, 0.3) is 5.91 Å². The van der Waals surface area contributed by atoms with Gasteiger partial charge in [-0.15, -0.1) is 0 Å². The summed E-state index contributed by atoms with van der Waals surface area (Å²) in [7, 11) is 0. The van der Waals surface area contributed by atoms with Gasteiger partial charge in [-0.1, -0.05) is 30.3 Å². The molecule has 0 radical (unpaired) electrons. The Bertz CT molecular complexity index is 1170. The monoisotopic (exact) mass is 417 g/mol. The van der Waals surface area contributed by atoms with Crippen LogP contribution < -0.4 is 14.9 Å². The molecule has 8 heteroatoms. The van der Waals surface area contributed by atoms with Crippen LogP contribution in [0.2, 0.25) is 0 Å². The number of nitrogens with zero attached hydrogens (tertiary/aromatic N) is 2. The standard InChI is InChI=1S/C23H16FN3O4/c24-19-8-4-7-17(12-19)23(29)31-20-9-3-5-16(11-20)14-26-27-22(28)15-30-21-10-2-1-6-18(21)13-25/h1-12,14H,15H2,(H,27,28)/b26-14-. The summed E-state index contributed by atoms with van der Waals surface area (Å²) >= 11 is 0. The summed E-state index contributed by atoms with van der Waals surface area (Å²) in [6, 6.07) is 20.1. The molecule has 0 bridgehead atoms. The Kier molecular flexibility index (Phi) is 7.06. The van der Waals surface area contributed by atoms with E-state index in [0.29, 0.717) is 16.9 Å². The lowest BCUT2D eigenvalue weighted by molar-refractivity contribution is -0.123. The second-order valence-electron chi connectivity index (χ2n) is 6.16. The third-order valence-corrected chi connectivity index (χ3v) is 3.90. The van der Waals surface area contributed by atoms with Crippen LogP contribution in [0.1, 0.15) is 21.5 Å². The van der Waals surface area contributed by atoms with Gasteiger partial charge in [-0.25, -0.2) is 14.6 Å². The molecule has 7 nitrogen and oxygen atoms in total. The number of nitrogens with one attached hydrogen (secondary N) is 1. The highest BCUT2D eigenvalue weighted by molar-refractivity contribution is 5.91. The highest BCUT2D eigenvalue weighted by Gasteiger charge is 2.10. The van der Waals surface area contributed by atoms with Gasteiger partial charge < -0.3 is 9.47 Å². The Labute approximate surface area is 177 Å². The van der Waals surface area contributed by atoms with E-state index in [1.807, 2.05) is 6.07 Å². The number of hydrogen-bond donors (Lipinski definition) is 1. The van der Waals surface area contributed by atoms with E-state index < -0.39 is 17.7 Å². The number of rotatable bonds is 7. The minimum absolute atomic E-state index is 0.0873. The molecule has 0 unspecified atom stereocenters. The van der Waals surface area contributed by atoms with Gasteiger partial charge in [0.15, 0.2) is 6.61 Å². The minimum Gasteiger partial charge on any atom is -0.482 e. The lowest BCUT2D eigenvalue weighted by atomic mass is 10.2. The summed E-state index contributed by atoms with van der Waals surface area (Å²) < 4.78 is 23.8. The van der Waals surface area contributed by atoms with Gasteiger partial charge in [-0.2, -0.15) is 10.4 Å². The van der Waals surface area contributed by atoms with Crippen molar-refractivity contribution in [2.75, 3.05) is 6.61 Å². The normalized spacial score (nSPS) is 10.3. The van der Waals surface area contributed by atoms with Gasteiger partial charge >= 0.3 is 5.97 Å². The number of ether oxygens (including phenoxy) is 2. The molecule has 0 atom stereocenters. The van der Waals surface area contributed by atoms with Gasteiger partial charge in [0.05, 0.1) is 17.3 Å². The van der Waals surface area contributed by atoms with Crippen molar-refractivity contribution in [1.29, 1.82) is 5.26 Å². The number of para-hydroxylation sites is 1. The summed E-state index contributed by atoms with van der Waals surface area (Å²) in [5.74, 6) is -1.21. The summed E-state index contributed by atoms with van der Waals surface area (Å²) in [4.78, 5) is 24.0. The van der Waals surface area contributed by atoms with Crippen LogP contribution in [0.4, 0.5) is 4.39 Å². The summed E-state index contributed by atoms with van der Waals surface area (Å²) in [5, 5.41) is 12.8. The maximum absolute atomic E-state index is 13.2. The molecule has 0 heterocycles. The van der Waals surface area contributed by atoms with Crippen molar-refractivity contribution in [3.05, 3.63) is 95.3 Å². The number of nitriles is 1. The first-order valence-corrected chi connectivity index (χ1v) is 9.07. The Balaban J connectivity index is 1.53. The predicted octanol–water partition coefficient (Wildman–Crippen LogP) is 3.45. The number of hydrazone groups is 1. The largest absolute Gasteiger partial charge is 0.482 e. The van der Waals surface area contributed by atoms with Gasteiger partial charge in [0.2, 0.25) is 0 Å². The molecule has 0 fully saturated rings. The lowest BCUT2D eigenvalue weighted by Gasteiger charge is -2.06. The van der Waals surface area contributed by atoms with Crippen LogP contribution in [-0.2, 0) is 4.79 Å². The molecular weight excluding hydrogens is 401 g/mol. The Morgan fingerprint density at radius 2 is 1.87 bits per heavy atom. The van der Waals surface area contributed by atoms with E-state index in [9.17, 15) is 14.0 Å². The fourth-order valence-electron chi connectivity index (χ4n) is 2.48. The molecular formula is C23H16FN3O4. The van der Waals surface area contributed by atoms with Crippen molar-refractivity contribution in [2.24, 2.45) is 5.10 Å². The van der Waals surface area contributed by atoms with Crippen molar-refractivity contribution in [2.45, 2.75) is 0 Å². The fourth-order valence-corrected chi connectivity index (χ4v) is 2.48. The SMILES string of the molecule is N#Cc1ccccc1OCC(=O)N/N=C\c1cccc(OC(=O)c2cccc(F)c2)c1. The van der Waals surface area contributed by atoms with Crippen LogP contribution in [0.25, 0.3) is 0 Å².